The van der Waals surface area contributed by atoms with E-state index in [0.717, 1.165) is 19.2 Å². The number of rotatable bonds is 9. The van der Waals surface area contributed by atoms with Crippen LogP contribution in [0.5, 0.6) is 11.5 Å². The number of carboxylic acid groups (broad SMARTS) is 1. The van der Waals surface area contributed by atoms with Crippen molar-refractivity contribution in [2.45, 2.75) is 11.9 Å². The summed E-state index contributed by atoms with van der Waals surface area (Å²) >= 11 is 0. The fraction of sp³-hybridized carbons (Fsp3) is 0.462. The molecule has 0 unspecified atom stereocenters. The molecule has 1 aromatic rings. The first-order valence-corrected chi connectivity index (χ1v) is 7.96. The molecule has 0 aliphatic rings. The molecule has 1 rings (SSSR count). The van der Waals surface area contributed by atoms with Gasteiger partial charge in [0.2, 0.25) is 0 Å². The van der Waals surface area contributed by atoms with Crippen LogP contribution in [-0.2, 0) is 26.0 Å². The van der Waals surface area contributed by atoms with Gasteiger partial charge in [-0.05, 0) is 24.1 Å². The second kappa shape index (κ2) is 8.36. The lowest BCUT2D eigenvalue weighted by atomic mass is 10.1. The van der Waals surface area contributed by atoms with E-state index in [4.69, 9.17) is 14.6 Å². The largest absolute Gasteiger partial charge is 0.534 e. The Labute approximate surface area is 141 Å². The van der Waals surface area contributed by atoms with E-state index in [9.17, 15) is 26.4 Å². The normalized spacial score (nSPS) is 12.0. The van der Waals surface area contributed by atoms with Crippen LogP contribution >= 0.6 is 0 Å². The molecule has 0 saturated heterocycles. The van der Waals surface area contributed by atoms with Crippen molar-refractivity contribution >= 4 is 16.1 Å². The summed E-state index contributed by atoms with van der Waals surface area (Å²) in [6.45, 7) is 0.116. The number of methoxy groups -OCH3 is 2. The molecule has 0 amide bonds. The zero-order valence-corrected chi connectivity index (χ0v) is 13.9. The molecular weight excluding hydrogens is 373 g/mol. The van der Waals surface area contributed by atoms with Crippen molar-refractivity contribution < 1.29 is 49.9 Å². The highest BCUT2D eigenvalue weighted by Crippen LogP contribution is 2.37. The SMILES string of the molecule is COCOCCc1cc(OC)c(OS(=O)(=O)C(F)(F)F)c(C(=O)O)c1. The van der Waals surface area contributed by atoms with Crippen molar-refractivity contribution in [3.05, 3.63) is 23.3 Å². The summed E-state index contributed by atoms with van der Waals surface area (Å²) in [6, 6.07) is 2.13. The zero-order valence-electron chi connectivity index (χ0n) is 13.1. The topological polar surface area (TPSA) is 108 Å². The van der Waals surface area contributed by atoms with Crippen molar-refractivity contribution in [3.8, 4) is 11.5 Å². The first-order valence-electron chi connectivity index (χ1n) is 6.55. The molecule has 0 bridgehead atoms. The van der Waals surface area contributed by atoms with Gasteiger partial charge in [0.05, 0.1) is 13.7 Å². The second-order valence-electron chi connectivity index (χ2n) is 4.53. The van der Waals surface area contributed by atoms with Crippen LogP contribution in [0, 0.1) is 0 Å². The lowest BCUT2D eigenvalue weighted by molar-refractivity contribution is -0.0501. The van der Waals surface area contributed by atoms with Gasteiger partial charge in [0.1, 0.15) is 12.4 Å². The molecule has 12 heteroatoms. The van der Waals surface area contributed by atoms with E-state index in [-0.39, 0.29) is 19.8 Å². The fourth-order valence-electron chi connectivity index (χ4n) is 1.69. The number of halogens is 3. The summed E-state index contributed by atoms with van der Waals surface area (Å²) in [7, 11) is -3.63. The number of carbonyl (C=O) groups is 1. The van der Waals surface area contributed by atoms with E-state index in [1.54, 1.807) is 0 Å². The van der Waals surface area contributed by atoms with E-state index in [2.05, 4.69) is 8.92 Å². The number of aromatic carboxylic acids is 1. The van der Waals surface area contributed by atoms with E-state index in [1.807, 2.05) is 0 Å². The Morgan fingerprint density at radius 2 is 1.88 bits per heavy atom. The zero-order chi connectivity index (χ0) is 19.3. The third-order valence-corrected chi connectivity index (χ3v) is 3.73. The Hall–Kier alpha value is -2.05. The van der Waals surface area contributed by atoms with Crippen LogP contribution in [0.4, 0.5) is 13.2 Å². The maximum atomic E-state index is 12.5. The minimum Gasteiger partial charge on any atom is -0.493 e. The van der Waals surface area contributed by atoms with Crippen molar-refractivity contribution in [2.24, 2.45) is 0 Å². The molecular formula is C13H15F3O8S. The van der Waals surface area contributed by atoms with Crippen LogP contribution in [0.2, 0.25) is 0 Å². The van der Waals surface area contributed by atoms with Gasteiger partial charge >= 0.3 is 21.6 Å². The van der Waals surface area contributed by atoms with Crippen LogP contribution < -0.4 is 8.92 Å². The molecule has 0 fully saturated rings. The van der Waals surface area contributed by atoms with Crippen molar-refractivity contribution in [2.75, 3.05) is 27.6 Å². The molecule has 0 heterocycles. The van der Waals surface area contributed by atoms with E-state index >= 15 is 0 Å². The van der Waals surface area contributed by atoms with Gasteiger partial charge in [-0.25, -0.2) is 4.79 Å². The summed E-state index contributed by atoms with van der Waals surface area (Å²) in [5, 5.41) is 9.16. The number of hydrogen-bond acceptors (Lipinski definition) is 7. The van der Waals surface area contributed by atoms with Gasteiger partial charge in [0.15, 0.2) is 11.5 Å². The van der Waals surface area contributed by atoms with Gasteiger partial charge in [-0.15, -0.1) is 0 Å². The minimum atomic E-state index is -6.06. The summed E-state index contributed by atoms with van der Waals surface area (Å²) in [5.41, 5.74) is -6.20. The van der Waals surface area contributed by atoms with E-state index in [1.165, 1.54) is 7.11 Å². The average molecular weight is 388 g/mol. The molecule has 25 heavy (non-hydrogen) atoms. The maximum absolute atomic E-state index is 12.5. The van der Waals surface area contributed by atoms with Crippen molar-refractivity contribution in [1.82, 2.24) is 0 Å². The van der Waals surface area contributed by atoms with Crippen molar-refractivity contribution in [1.29, 1.82) is 0 Å². The number of alkyl halides is 3. The second-order valence-corrected chi connectivity index (χ2v) is 6.07. The molecule has 0 radical (unpaired) electrons. The first-order chi connectivity index (χ1) is 11.5. The van der Waals surface area contributed by atoms with Crippen LogP contribution in [0.1, 0.15) is 15.9 Å². The number of carboxylic acids is 1. The Morgan fingerprint density at radius 3 is 2.36 bits per heavy atom. The number of ether oxygens (including phenoxy) is 3. The van der Waals surface area contributed by atoms with Gasteiger partial charge in [0, 0.05) is 7.11 Å². The van der Waals surface area contributed by atoms with E-state index in [0.29, 0.717) is 5.56 Å². The standard InChI is InChI=1S/C13H15F3O8S/c1-21-7-23-4-3-8-5-9(12(17)18)11(10(6-8)22-2)24-25(19,20)13(14,15)16/h5-6H,3-4,7H2,1-2H3,(H,17,18). The maximum Gasteiger partial charge on any atom is 0.534 e. The summed E-state index contributed by atoms with van der Waals surface area (Å²) in [5.74, 6) is -3.23. The smallest absolute Gasteiger partial charge is 0.493 e. The molecule has 0 spiro atoms. The van der Waals surface area contributed by atoms with Gasteiger partial charge < -0.3 is 23.5 Å². The lowest BCUT2D eigenvalue weighted by Gasteiger charge is -2.16. The van der Waals surface area contributed by atoms with Gasteiger partial charge in [-0.2, -0.15) is 21.6 Å². The molecule has 0 aliphatic carbocycles. The molecule has 1 N–H and O–H groups in total. The van der Waals surface area contributed by atoms with Crippen molar-refractivity contribution in [3.63, 3.8) is 0 Å². The highest BCUT2D eigenvalue weighted by Gasteiger charge is 2.49. The number of hydrogen-bond donors (Lipinski definition) is 1. The third-order valence-electron chi connectivity index (χ3n) is 2.78. The van der Waals surface area contributed by atoms with Gasteiger partial charge in [-0.3, -0.25) is 0 Å². The van der Waals surface area contributed by atoms with Crippen LogP contribution in [0.25, 0.3) is 0 Å². The Balaban J connectivity index is 3.26. The quantitative estimate of drug-likeness (QED) is 0.295. The van der Waals surface area contributed by atoms with E-state index < -0.39 is 38.7 Å². The molecule has 0 aromatic heterocycles. The monoisotopic (exact) mass is 388 g/mol. The molecule has 0 atom stereocenters. The molecule has 0 saturated carbocycles. The van der Waals surface area contributed by atoms with Gasteiger partial charge in [0.25, 0.3) is 0 Å². The Kier molecular flexibility index (Phi) is 7.02. The predicted molar refractivity (Wildman–Crippen MR) is 77.1 cm³/mol. The molecule has 142 valence electrons. The summed E-state index contributed by atoms with van der Waals surface area (Å²) in [4.78, 5) is 11.3. The molecule has 0 aliphatic heterocycles. The summed E-state index contributed by atoms with van der Waals surface area (Å²) in [6.07, 6.45) is 0.173. The third kappa shape index (κ3) is 5.47. The van der Waals surface area contributed by atoms with Crippen LogP contribution in [0.3, 0.4) is 0 Å². The lowest BCUT2D eigenvalue weighted by Crippen LogP contribution is -2.29. The Bertz CT molecular complexity index is 715. The first kappa shape index (κ1) is 21.0. The highest BCUT2D eigenvalue weighted by molar-refractivity contribution is 7.88. The minimum absolute atomic E-state index is 0.00601. The number of benzene rings is 1. The molecule has 8 nitrogen and oxygen atoms in total. The van der Waals surface area contributed by atoms with Crippen LogP contribution in [0.15, 0.2) is 12.1 Å². The highest BCUT2D eigenvalue weighted by atomic mass is 32.2. The van der Waals surface area contributed by atoms with Crippen LogP contribution in [-0.4, -0.2) is 52.6 Å². The Morgan fingerprint density at radius 1 is 1.24 bits per heavy atom. The fourth-order valence-corrected chi connectivity index (χ4v) is 2.18. The van der Waals surface area contributed by atoms with Gasteiger partial charge in [-0.1, -0.05) is 0 Å². The average Bonchev–Trinajstić information content (AvgIpc) is 2.50. The predicted octanol–water partition coefficient (Wildman–Crippen LogP) is 1.78. The molecule has 1 aromatic carbocycles. The summed E-state index contributed by atoms with van der Waals surface area (Å²) < 4.78 is 78.2.